The monoisotopic (exact) mass is 344 g/mol. The summed E-state index contributed by atoms with van der Waals surface area (Å²) in [6, 6.07) is 0. The molecule has 0 aliphatic rings. The van der Waals surface area contributed by atoms with Crippen molar-refractivity contribution >= 4 is 17.0 Å². The SMILES string of the molecule is O=P([O-])([O-])[O-].[Ag].[Cl][Ag]. The van der Waals surface area contributed by atoms with E-state index >= 15 is 0 Å². The van der Waals surface area contributed by atoms with Crippen LogP contribution in [0.1, 0.15) is 0 Å². The molecular weight excluding hydrogens is 346 g/mol. The molecule has 8 heavy (non-hydrogen) atoms. The summed E-state index contributed by atoms with van der Waals surface area (Å²) in [7, 11) is -0.940. The van der Waals surface area contributed by atoms with Gasteiger partial charge in [-0.2, -0.15) is 7.82 Å². The molecule has 61 valence electrons. The molecule has 0 spiro atoms. The maximum absolute atomic E-state index is 8.55. The molecule has 0 heterocycles. The fraction of sp³-hybridized carbons (Fsp3) is 0. The Balaban J connectivity index is -0.0000000750. The van der Waals surface area contributed by atoms with Crippen molar-refractivity contribution in [2.75, 3.05) is 0 Å². The van der Waals surface area contributed by atoms with Crippen molar-refractivity contribution < 1.29 is 61.6 Å². The minimum absolute atomic E-state index is 0. The summed E-state index contributed by atoms with van der Waals surface area (Å²) < 4.78 is 8.55. The van der Waals surface area contributed by atoms with Crippen LogP contribution in [0, 0.1) is 0 Å². The van der Waals surface area contributed by atoms with Crippen LogP contribution >= 0.6 is 17.0 Å². The molecule has 0 aromatic heterocycles. The molecule has 0 atom stereocenters. The van der Waals surface area contributed by atoms with Crippen LogP contribution in [-0.2, 0) is 46.9 Å². The van der Waals surface area contributed by atoms with Gasteiger partial charge >= 0.3 is 29.2 Å². The molecule has 0 saturated carbocycles. The molecule has 0 unspecified atom stereocenters. The first-order valence-electron chi connectivity index (χ1n) is 0.844. The fourth-order valence-corrected chi connectivity index (χ4v) is 0. The molecular formula is Ag2ClO4P-3. The molecule has 8 heteroatoms. The normalized spacial score (nSPS) is 8.25. The van der Waals surface area contributed by atoms with Gasteiger partial charge in [0.25, 0.3) is 0 Å². The van der Waals surface area contributed by atoms with E-state index in [-0.39, 0.29) is 22.4 Å². The van der Waals surface area contributed by atoms with Crippen molar-refractivity contribution in [1.82, 2.24) is 0 Å². The van der Waals surface area contributed by atoms with Gasteiger partial charge in [0.2, 0.25) is 0 Å². The standard InChI is InChI=1S/2Ag.ClH.H3O4P/c;;;1-5(2,3)4/h;;1H;(H3,1,2,3,4)/q;+1;;/p-4. The van der Waals surface area contributed by atoms with E-state index in [1.807, 2.05) is 0 Å². The van der Waals surface area contributed by atoms with Gasteiger partial charge in [0.1, 0.15) is 0 Å². The van der Waals surface area contributed by atoms with Crippen LogP contribution in [0.2, 0.25) is 0 Å². The topological polar surface area (TPSA) is 86.2 Å². The quantitative estimate of drug-likeness (QED) is 0.370. The Labute approximate surface area is 78.1 Å². The van der Waals surface area contributed by atoms with Crippen LogP contribution < -0.4 is 14.7 Å². The van der Waals surface area contributed by atoms with Crippen LogP contribution in [0.4, 0.5) is 0 Å². The van der Waals surface area contributed by atoms with Crippen LogP contribution in [0.5, 0.6) is 0 Å². The van der Waals surface area contributed by atoms with E-state index < -0.39 is 7.82 Å². The molecule has 0 aliphatic carbocycles. The van der Waals surface area contributed by atoms with E-state index in [2.05, 4.69) is 29.2 Å². The predicted molar refractivity (Wildman–Crippen MR) is 13.5 cm³/mol. The molecule has 0 saturated heterocycles. The zero-order valence-electron chi connectivity index (χ0n) is 3.06. The molecule has 0 aliphatic heterocycles. The minimum atomic E-state index is -5.39. The van der Waals surface area contributed by atoms with Gasteiger partial charge in [0.15, 0.2) is 0 Å². The van der Waals surface area contributed by atoms with Crippen LogP contribution in [0.25, 0.3) is 0 Å². The van der Waals surface area contributed by atoms with Crippen LogP contribution in [-0.4, -0.2) is 0 Å². The Morgan fingerprint density at radius 1 is 1.25 bits per heavy atom. The van der Waals surface area contributed by atoms with E-state index in [1.54, 1.807) is 0 Å². The first-order chi connectivity index (χ1) is 3.00. The molecule has 1 radical (unpaired) electrons. The zero-order chi connectivity index (χ0) is 6.50. The van der Waals surface area contributed by atoms with E-state index in [0.717, 1.165) is 0 Å². The van der Waals surface area contributed by atoms with Crippen molar-refractivity contribution in [3.63, 3.8) is 0 Å². The Hall–Kier alpha value is 1.88. The van der Waals surface area contributed by atoms with Crippen molar-refractivity contribution in [2.45, 2.75) is 0 Å². The van der Waals surface area contributed by atoms with E-state index in [9.17, 15) is 0 Å². The fourth-order valence-electron chi connectivity index (χ4n) is 0. The summed E-state index contributed by atoms with van der Waals surface area (Å²) in [6.07, 6.45) is 0. The van der Waals surface area contributed by atoms with E-state index in [1.165, 1.54) is 0 Å². The molecule has 0 aromatic carbocycles. The van der Waals surface area contributed by atoms with E-state index in [4.69, 9.17) is 19.2 Å². The third-order valence-electron chi connectivity index (χ3n) is 0. The Morgan fingerprint density at radius 3 is 1.25 bits per heavy atom. The molecule has 0 bridgehead atoms. The molecule has 4 nitrogen and oxygen atoms in total. The molecule has 0 aromatic rings. The Bertz CT molecular complexity index is 60.2. The van der Waals surface area contributed by atoms with Gasteiger partial charge < -0.3 is 19.2 Å². The number of phosphoric acid groups is 1. The summed E-state index contributed by atoms with van der Waals surface area (Å²) in [6.45, 7) is 0. The van der Waals surface area contributed by atoms with Crippen molar-refractivity contribution in [2.24, 2.45) is 0 Å². The third kappa shape index (κ3) is 105. The van der Waals surface area contributed by atoms with Crippen molar-refractivity contribution in [3.05, 3.63) is 0 Å². The molecule has 0 fully saturated rings. The van der Waals surface area contributed by atoms with Gasteiger partial charge in [-0.3, -0.25) is 0 Å². The van der Waals surface area contributed by atoms with Crippen molar-refractivity contribution in [1.29, 1.82) is 0 Å². The Morgan fingerprint density at radius 2 is 1.25 bits per heavy atom. The number of hydrogen-bond donors (Lipinski definition) is 0. The number of rotatable bonds is 0. The first kappa shape index (κ1) is 16.5. The van der Waals surface area contributed by atoms with Gasteiger partial charge in [0, 0.05) is 22.4 Å². The van der Waals surface area contributed by atoms with Crippen LogP contribution in [0.15, 0.2) is 0 Å². The number of hydrogen-bond acceptors (Lipinski definition) is 4. The average Bonchev–Trinajstić information content (AvgIpc) is 1.36. The second kappa shape index (κ2) is 8.88. The second-order valence-corrected chi connectivity index (χ2v) is 1.34. The maximum atomic E-state index is 8.55. The van der Waals surface area contributed by atoms with Gasteiger partial charge in [-0.1, -0.05) is 0 Å². The summed E-state index contributed by atoms with van der Waals surface area (Å²) in [4.78, 5) is 25.6. The average molecular weight is 346 g/mol. The summed E-state index contributed by atoms with van der Waals surface area (Å²) in [5.41, 5.74) is 0. The van der Waals surface area contributed by atoms with Crippen LogP contribution in [0.3, 0.4) is 0 Å². The molecule has 0 rings (SSSR count). The third-order valence-corrected chi connectivity index (χ3v) is 0. The molecule has 0 amide bonds. The summed E-state index contributed by atoms with van der Waals surface area (Å²) >= 11 is 2.42. The second-order valence-electron chi connectivity index (χ2n) is 0.447. The van der Waals surface area contributed by atoms with Gasteiger partial charge in [-0.05, 0) is 0 Å². The summed E-state index contributed by atoms with van der Waals surface area (Å²) in [5, 5.41) is 0. The van der Waals surface area contributed by atoms with Gasteiger partial charge in [0.05, 0.1) is 0 Å². The van der Waals surface area contributed by atoms with Crippen molar-refractivity contribution in [3.8, 4) is 0 Å². The predicted octanol–water partition coefficient (Wildman–Crippen LogP) is -2.14. The first-order valence-corrected chi connectivity index (χ1v) is 4.21. The molecule has 0 N–H and O–H groups in total. The zero-order valence-corrected chi connectivity index (χ0v) is 7.68. The summed E-state index contributed by atoms with van der Waals surface area (Å²) in [5.74, 6) is 0. The van der Waals surface area contributed by atoms with Gasteiger partial charge in [-0.25, -0.2) is 0 Å². The Kier molecular flexibility index (Phi) is 18.3. The van der Waals surface area contributed by atoms with E-state index in [0.29, 0.717) is 0 Å². The van der Waals surface area contributed by atoms with Gasteiger partial charge in [-0.15, -0.1) is 0 Å². The number of halogens is 1.